The van der Waals surface area contributed by atoms with E-state index in [0.717, 1.165) is 22.6 Å². The van der Waals surface area contributed by atoms with E-state index in [0.29, 0.717) is 24.2 Å². The van der Waals surface area contributed by atoms with E-state index >= 15 is 0 Å². The molecule has 2 aromatic carbocycles. The van der Waals surface area contributed by atoms with Crippen molar-refractivity contribution in [2.45, 2.75) is 33.9 Å². The van der Waals surface area contributed by atoms with Crippen LogP contribution in [0.2, 0.25) is 0 Å². The van der Waals surface area contributed by atoms with Crippen molar-refractivity contribution in [1.82, 2.24) is 9.55 Å². The second-order valence-electron chi connectivity index (χ2n) is 7.28. The minimum atomic E-state index is -0.537. The first kappa shape index (κ1) is 19.7. The van der Waals surface area contributed by atoms with Crippen molar-refractivity contribution in [3.05, 3.63) is 81.3 Å². The van der Waals surface area contributed by atoms with Gasteiger partial charge >= 0.3 is 0 Å². The summed E-state index contributed by atoms with van der Waals surface area (Å²) in [6, 6.07) is 15.2. The van der Waals surface area contributed by atoms with Crippen LogP contribution in [-0.2, 0) is 0 Å². The molecule has 0 saturated carbocycles. The number of aromatic nitrogens is 2. The third-order valence-electron chi connectivity index (χ3n) is 5.15. The van der Waals surface area contributed by atoms with Crippen LogP contribution < -0.4 is 20.9 Å². The van der Waals surface area contributed by atoms with E-state index < -0.39 is 6.17 Å². The molecule has 1 aromatic heterocycles. The van der Waals surface area contributed by atoms with E-state index in [-0.39, 0.29) is 5.56 Å². The Hall–Kier alpha value is -3.61. The summed E-state index contributed by atoms with van der Waals surface area (Å²) in [6.45, 7) is 8.48. The maximum Gasteiger partial charge on any atom is 0.257 e. The molecule has 1 atom stereocenters. The van der Waals surface area contributed by atoms with Gasteiger partial charge in [0.2, 0.25) is 11.9 Å². The summed E-state index contributed by atoms with van der Waals surface area (Å²) in [4.78, 5) is 22.1. The Morgan fingerprint density at radius 1 is 1.13 bits per heavy atom. The number of aryl methyl sites for hydroxylation is 2. The van der Waals surface area contributed by atoms with Crippen molar-refractivity contribution >= 4 is 17.6 Å². The lowest BCUT2D eigenvalue weighted by Gasteiger charge is -2.27. The quantitative estimate of drug-likeness (QED) is 0.688. The molecule has 30 heavy (non-hydrogen) atoms. The molecule has 1 unspecified atom stereocenters. The number of benzene rings is 2. The third kappa shape index (κ3) is 3.78. The normalized spacial score (nSPS) is 15.1. The van der Waals surface area contributed by atoms with Gasteiger partial charge in [-0.25, -0.2) is 9.98 Å². The molecule has 2 N–H and O–H groups in total. The van der Waals surface area contributed by atoms with Gasteiger partial charge in [-0.1, -0.05) is 24.3 Å². The Kier molecular flexibility index (Phi) is 5.27. The minimum Gasteiger partial charge on any atom is -0.494 e. The third-order valence-corrected chi connectivity index (χ3v) is 5.15. The van der Waals surface area contributed by atoms with Gasteiger partial charge in [0.15, 0.2) is 6.17 Å². The van der Waals surface area contributed by atoms with Crippen LogP contribution >= 0.6 is 0 Å². The lowest BCUT2D eigenvalue weighted by molar-refractivity contribution is 0.340. The van der Waals surface area contributed by atoms with Crippen molar-refractivity contribution in [2.24, 2.45) is 4.99 Å². The second-order valence-corrected chi connectivity index (χ2v) is 7.28. The molecule has 0 amide bonds. The smallest absolute Gasteiger partial charge is 0.257 e. The Morgan fingerprint density at radius 3 is 2.63 bits per heavy atom. The molecule has 154 valence electrons. The van der Waals surface area contributed by atoms with E-state index in [1.165, 1.54) is 11.6 Å². The number of guanidine groups is 1. The van der Waals surface area contributed by atoms with Gasteiger partial charge < -0.3 is 10.1 Å². The predicted molar refractivity (Wildman–Crippen MR) is 120 cm³/mol. The average Bonchev–Trinajstić information content (AvgIpc) is 2.71. The molecule has 1 aliphatic heterocycles. The van der Waals surface area contributed by atoms with Gasteiger partial charge in [-0.15, -0.1) is 0 Å². The monoisotopic (exact) mass is 403 g/mol. The molecule has 0 aliphatic carbocycles. The van der Waals surface area contributed by atoms with Gasteiger partial charge in [-0.05, 0) is 62.6 Å². The lowest BCUT2D eigenvalue weighted by atomic mass is 10.1. The molecular formula is C23H25N5O2. The zero-order valence-electron chi connectivity index (χ0n) is 17.6. The van der Waals surface area contributed by atoms with Crippen LogP contribution in [0.4, 0.5) is 11.6 Å². The lowest BCUT2D eigenvalue weighted by Crippen LogP contribution is -2.37. The van der Waals surface area contributed by atoms with Crippen molar-refractivity contribution in [3.63, 3.8) is 0 Å². The van der Waals surface area contributed by atoms with Gasteiger partial charge in [0.25, 0.3) is 5.56 Å². The van der Waals surface area contributed by atoms with Crippen LogP contribution in [0.1, 0.15) is 35.5 Å². The fourth-order valence-electron chi connectivity index (χ4n) is 3.45. The highest BCUT2D eigenvalue weighted by Crippen LogP contribution is 2.28. The number of fused-ring (bicyclic) bond motifs is 1. The molecule has 7 nitrogen and oxygen atoms in total. The Morgan fingerprint density at radius 2 is 1.90 bits per heavy atom. The van der Waals surface area contributed by atoms with Crippen molar-refractivity contribution < 1.29 is 4.74 Å². The molecule has 1 aliphatic rings. The number of nitrogens with zero attached hydrogens (tertiary/aromatic N) is 3. The Bertz CT molecular complexity index is 1170. The van der Waals surface area contributed by atoms with Gasteiger partial charge in [0.05, 0.1) is 6.61 Å². The fourth-order valence-corrected chi connectivity index (χ4v) is 3.45. The van der Waals surface area contributed by atoms with Crippen molar-refractivity contribution in [3.8, 4) is 5.75 Å². The highest BCUT2D eigenvalue weighted by Gasteiger charge is 2.25. The van der Waals surface area contributed by atoms with Crippen molar-refractivity contribution in [2.75, 3.05) is 17.2 Å². The largest absolute Gasteiger partial charge is 0.494 e. The summed E-state index contributed by atoms with van der Waals surface area (Å²) in [5, 5.41) is 6.53. The number of aliphatic imine (C=N–C) groups is 1. The molecule has 0 saturated heterocycles. The van der Waals surface area contributed by atoms with Crippen LogP contribution in [0.5, 0.6) is 5.75 Å². The summed E-state index contributed by atoms with van der Waals surface area (Å²) in [7, 11) is 0. The number of hydrogen-bond acceptors (Lipinski definition) is 6. The molecule has 0 bridgehead atoms. The summed E-state index contributed by atoms with van der Waals surface area (Å²) < 4.78 is 7.11. The maximum absolute atomic E-state index is 12.8. The van der Waals surface area contributed by atoms with Crippen LogP contribution in [0, 0.1) is 20.8 Å². The first-order valence-corrected chi connectivity index (χ1v) is 9.97. The van der Waals surface area contributed by atoms with Crippen molar-refractivity contribution in [1.29, 1.82) is 0 Å². The summed E-state index contributed by atoms with van der Waals surface area (Å²) in [5.74, 6) is 1.78. The Balaban J connectivity index is 1.77. The molecular weight excluding hydrogens is 378 g/mol. The summed E-state index contributed by atoms with van der Waals surface area (Å²) >= 11 is 0. The highest BCUT2D eigenvalue weighted by atomic mass is 16.5. The maximum atomic E-state index is 12.8. The molecule has 7 heteroatoms. The number of anilines is 2. The topological polar surface area (TPSA) is 80.5 Å². The number of hydrogen-bond donors (Lipinski definition) is 2. The SMILES string of the molecule is CCOc1ccc(C2N=C(Nc3cccc(C)c3C)Nc3nc(C)cc(=O)n32)cc1. The average molecular weight is 403 g/mol. The zero-order chi connectivity index (χ0) is 21.3. The van der Waals surface area contributed by atoms with Gasteiger partial charge in [0.1, 0.15) is 5.75 Å². The van der Waals surface area contributed by atoms with Gasteiger partial charge in [0, 0.05) is 17.4 Å². The molecule has 0 spiro atoms. The molecule has 2 heterocycles. The van der Waals surface area contributed by atoms with E-state index in [9.17, 15) is 4.79 Å². The number of ether oxygens (including phenoxy) is 1. The van der Waals surface area contributed by atoms with Crippen LogP contribution in [0.25, 0.3) is 0 Å². The van der Waals surface area contributed by atoms with Gasteiger partial charge in [-0.3, -0.25) is 14.7 Å². The fraction of sp³-hybridized carbons (Fsp3) is 0.261. The van der Waals surface area contributed by atoms with E-state index in [1.54, 1.807) is 11.5 Å². The minimum absolute atomic E-state index is 0.154. The number of nitrogens with one attached hydrogen (secondary N) is 2. The van der Waals surface area contributed by atoms with Crippen LogP contribution in [0.15, 0.2) is 58.3 Å². The molecule has 0 radical (unpaired) electrons. The first-order chi connectivity index (χ1) is 14.5. The van der Waals surface area contributed by atoms with E-state index in [1.807, 2.05) is 43.3 Å². The number of rotatable bonds is 4. The van der Waals surface area contributed by atoms with E-state index in [4.69, 9.17) is 9.73 Å². The zero-order valence-corrected chi connectivity index (χ0v) is 17.6. The van der Waals surface area contributed by atoms with Gasteiger partial charge in [-0.2, -0.15) is 0 Å². The standard InChI is InChI=1S/C23H25N5O2/c1-5-30-18-11-9-17(10-12-18)21-26-22(25-19-8-6-7-14(2)16(19)4)27-23-24-15(3)13-20(29)28(21)23/h6-13,21H,5H2,1-4H3,(H2,24,25,26,27). The predicted octanol–water partition coefficient (Wildman–Crippen LogP) is 4.01. The second kappa shape index (κ2) is 8.02. The highest BCUT2D eigenvalue weighted by molar-refractivity contribution is 6.04. The molecule has 3 aromatic rings. The van der Waals surface area contributed by atoms with Crippen LogP contribution in [-0.4, -0.2) is 22.1 Å². The summed E-state index contributed by atoms with van der Waals surface area (Å²) in [5.41, 5.74) is 4.64. The first-order valence-electron chi connectivity index (χ1n) is 9.97. The Labute approximate surface area is 175 Å². The summed E-state index contributed by atoms with van der Waals surface area (Å²) in [6.07, 6.45) is -0.537. The molecule has 4 rings (SSSR count). The van der Waals surface area contributed by atoms with Crippen LogP contribution in [0.3, 0.4) is 0 Å². The van der Waals surface area contributed by atoms with E-state index in [2.05, 4.69) is 35.5 Å². The molecule has 0 fully saturated rings.